The number of hydrogen-bond acceptors (Lipinski definition) is 5. The van der Waals surface area contributed by atoms with E-state index in [9.17, 15) is 23.2 Å². The lowest BCUT2D eigenvalue weighted by Gasteiger charge is -2.34. The third kappa shape index (κ3) is 7.21. The van der Waals surface area contributed by atoms with Crippen molar-refractivity contribution in [1.82, 2.24) is 0 Å². The van der Waals surface area contributed by atoms with E-state index in [0.717, 1.165) is 55.9 Å². The monoisotopic (exact) mass is 526 g/mol. The molecular formula is C28H41F2O5P. The molecule has 3 unspecified atom stereocenters. The first-order valence-electron chi connectivity index (χ1n) is 12.7. The lowest BCUT2D eigenvalue weighted by atomic mass is 9.73. The fraction of sp³-hybridized carbons (Fsp3) is 0.607. The number of phenolic OH excluding ortho intramolecular Hbond substituents is 1. The largest absolute Gasteiger partial charge is 0.507 e. The Labute approximate surface area is 214 Å². The molecule has 36 heavy (non-hydrogen) atoms. The van der Waals surface area contributed by atoms with Gasteiger partial charge >= 0.3 is 19.0 Å². The van der Waals surface area contributed by atoms with Crippen LogP contribution in [0.15, 0.2) is 35.9 Å². The molecule has 0 saturated carbocycles. The van der Waals surface area contributed by atoms with Crippen LogP contribution in [-0.4, -0.2) is 30.0 Å². The summed E-state index contributed by atoms with van der Waals surface area (Å²) in [5.74, 6) is -2.31. The van der Waals surface area contributed by atoms with Crippen LogP contribution in [0.4, 0.5) is 8.78 Å². The molecule has 1 aromatic rings. The first-order valence-corrected chi connectivity index (χ1v) is 14.5. The Morgan fingerprint density at radius 2 is 2.00 bits per heavy atom. The molecule has 5 nitrogen and oxygen atoms in total. The van der Waals surface area contributed by atoms with E-state index in [1.165, 1.54) is 6.92 Å². The van der Waals surface area contributed by atoms with Crippen molar-refractivity contribution in [3.05, 3.63) is 47.1 Å². The lowest BCUT2D eigenvalue weighted by molar-refractivity contribution is -0.144. The standard InChI is InChI=1S/C28H41F2O5P/c1-8-9-10-11-21-15-24(31)26(23-14-19(4)12-13-22(23)18(2)3)25(16-21)35-36(33,28(6,29)30)17-20(5)27(32)34-7/h14-16,20,22-23,31H,2,8-13,17H2,1,3-7H3/t20-,22?,23?,36?/m1/s1. The summed E-state index contributed by atoms with van der Waals surface area (Å²) in [4.78, 5) is 12.0. The summed E-state index contributed by atoms with van der Waals surface area (Å²) in [5, 5.41) is 11.2. The molecule has 2 rings (SSSR count). The summed E-state index contributed by atoms with van der Waals surface area (Å²) in [7, 11) is -3.59. The Morgan fingerprint density at radius 3 is 2.56 bits per heavy atom. The highest BCUT2D eigenvalue weighted by Gasteiger charge is 2.51. The molecule has 0 spiro atoms. The SMILES string of the molecule is C=C(C)C1CCC(C)=CC1c1c(O)cc(CCCCC)cc1OP(=O)(C[C@@H](C)C(=O)OC)C(C)(F)F. The normalized spacial score (nSPS) is 20.7. The zero-order valence-corrected chi connectivity index (χ0v) is 23.3. The molecule has 1 aliphatic rings. The number of allylic oxidation sites excluding steroid dienone is 3. The molecule has 0 amide bonds. The molecule has 1 aliphatic carbocycles. The first-order chi connectivity index (χ1) is 16.7. The number of halogens is 2. The summed E-state index contributed by atoms with van der Waals surface area (Å²) in [6, 6.07) is 3.27. The number of unbranched alkanes of at least 4 members (excludes halogenated alkanes) is 2. The average molecular weight is 527 g/mol. The van der Waals surface area contributed by atoms with Gasteiger partial charge in [0.05, 0.1) is 19.2 Å². The summed E-state index contributed by atoms with van der Waals surface area (Å²) in [6.45, 7) is 12.0. The van der Waals surface area contributed by atoms with E-state index in [0.29, 0.717) is 18.9 Å². The Balaban J connectivity index is 2.68. The van der Waals surface area contributed by atoms with Gasteiger partial charge in [0.25, 0.3) is 0 Å². The molecule has 0 aliphatic heterocycles. The van der Waals surface area contributed by atoms with Gasteiger partial charge < -0.3 is 14.4 Å². The highest BCUT2D eigenvalue weighted by atomic mass is 31.2. The Kier molecular flexibility index (Phi) is 10.4. The highest BCUT2D eigenvalue weighted by Crippen LogP contribution is 2.63. The second-order valence-corrected chi connectivity index (χ2v) is 12.9. The Hall–Kier alpha value is -2.14. The van der Waals surface area contributed by atoms with Crippen molar-refractivity contribution in [3.8, 4) is 11.5 Å². The van der Waals surface area contributed by atoms with Gasteiger partial charge in [0.15, 0.2) is 0 Å². The van der Waals surface area contributed by atoms with Crippen molar-refractivity contribution >= 4 is 13.3 Å². The number of esters is 1. The van der Waals surface area contributed by atoms with Crippen LogP contribution in [0.25, 0.3) is 0 Å². The van der Waals surface area contributed by atoms with Gasteiger partial charge in [-0.15, -0.1) is 0 Å². The fourth-order valence-corrected chi connectivity index (χ4v) is 6.67. The third-order valence-corrected chi connectivity index (χ3v) is 9.64. The van der Waals surface area contributed by atoms with Crippen molar-refractivity contribution in [2.45, 2.75) is 84.7 Å². The highest BCUT2D eigenvalue weighted by molar-refractivity contribution is 7.60. The first kappa shape index (κ1) is 30.1. The maximum atomic E-state index is 14.8. The van der Waals surface area contributed by atoms with E-state index in [4.69, 9.17) is 4.52 Å². The number of rotatable bonds is 12. The van der Waals surface area contributed by atoms with Crippen LogP contribution < -0.4 is 4.52 Å². The topological polar surface area (TPSA) is 72.8 Å². The molecule has 0 fully saturated rings. The van der Waals surface area contributed by atoms with Crippen LogP contribution in [-0.2, 0) is 20.5 Å². The Morgan fingerprint density at radius 1 is 1.33 bits per heavy atom. The maximum absolute atomic E-state index is 14.8. The van der Waals surface area contributed by atoms with Crippen LogP contribution in [0.1, 0.15) is 83.8 Å². The van der Waals surface area contributed by atoms with Crippen LogP contribution in [0.5, 0.6) is 11.5 Å². The second kappa shape index (κ2) is 12.4. The number of aromatic hydroxyl groups is 1. The smallest absolute Gasteiger partial charge is 0.329 e. The minimum atomic E-state index is -4.74. The number of methoxy groups -OCH3 is 1. The minimum Gasteiger partial charge on any atom is -0.507 e. The zero-order valence-electron chi connectivity index (χ0n) is 22.4. The molecular weight excluding hydrogens is 485 g/mol. The van der Waals surface area contributed by atoms with E-state index in [1.807, 2.05) is 19.9 Å². The summed E-state index contributed by atoms with van der Waals surface area (Å²) < 4.78 is 53.9. The number of ether oxygens (including phenoxy) is 1. The van der Waals surface area contributed by atoms with E-state index >= 15 is 0 Å². The van der Waals surface area contributed by atoms with Crippen LogP contribution in [0.3, 0.4) is 0 Å². The summed E-state index contributed by atoms with van der Waals surface area (Å²) >= 11 is 0. The maximum Gasteiger partial charge on any atom is 0.329 e. The van der Waals surface area contributed by atoms with Crippen molar-refractivity contribution in [1.29, 1.82) is 0 Å². The second-order valence-electron chi connectivity index (χ2n) is 10.2. The van der Waals surface area contributed by atoms with Gasteiger partial charge in [0, 0.05) is 18.4 Å². The molecule has 0 bridgehead atoms. The average Bonchev–Trinajstić information content (AvgIpc) is 2.77. The number of carbonyl (C=O) groups excluding carboxylic acids is 1. The van der Waals surface area contributed by atoms with Crippen LogP contribution >= 0.6 is 7.37 Å². The minimum absolute atomic E-state index is 0.0226. The molecule has 8 heteroatoms. The van der Waals surface area contributed by atoms with E-state index in [-0.39, 0.29) is 23.3 Å². The van der Waals surface area contributed by atoms with Crippen molar-refractivity contribution in [2.75, 3.05) is 13.3 Å². The van der Waals surface area contributed by atoms with Gasteiger partial charge in [-0.2, -0.15) is 8.78 Å². The Bertz CT molecular complexity index is 1030. The number of phenols is 1. The molecule has 4 atom stereocenters. The zero-order chi connectivity index (χ0) is 27.3. The molecule has 202 valence electrons. The van der Waals surface area contributed by atoms with Gasteiger partial charge in [0.2, 0.25) is 0 Å². The van der Waals surface area contributed by atoms with Crippen LogP contribution in [0, 0.1) is 11.8 Å². The molecule has 1 N–H and O–H groups in total. The predicted octanol–water partition coefficient (Wildman–Crippen LogP) is 8.22. The summed E-state index contributed by atoms with van der Waals surface area (Å²) in [6.07, 6.45) is 6.42. The molecule has 0 aromatic heterocycles. The predicted molar refractivity (Wildman–Crippen MR) is 140 cm³/mol. The van der Waals surface area contributed by atoms with E-state index in [1.54, 1.807) is 12.1 Å². The number of alkyl halides is 2. The van der Waals surface area contributed by atoms with Crippen LogP contribution in [0.2, 0.25) is 0 Å². The van der Waals surface area contributed by atoms with Gasteiger partial charge in [-0.25, -0.2) is 0 Å². The number of carbonyl (C=O) groups is 1. The molecule has 0 saturated heterocycles. The van der Waals surface area contributed by atoms with Gasteiger partial charge in [0.1, 0.15) is 11.5 Å². The molecule has 0 radical (unpaired) electrons. The third-order valence-electron chi connectivity index (χ3n) is 6.92. The number of hydrogen-bond donors (Lipinski definition) is 1. The van der Waals surface area contributed by atoms with Crippen molar-refractivity contribution in [3.63, 3.8) is 0 Å². The van der Waals surface area contributed by atoms with Gasteiger partial charge in [-0.05, 0) is 63.1 Å². The lowest BCUT2D eigenvalue weighted by Crippen LogP contribution is -2.26. The molecule has 0 heterocycles. The summed E-state index contributed by atoms with van der Waals surface area (Å²) in [5.41, 5.74) is -0.652. The quantitative estimate of drug-likeness (QED) is 0.129. The van der Waals surface area contributed by atoms with Crippen molar-refractivity contribution in [2.24, 2.45) is 11.8 Å². The van der Waals surface area contributed by atoms with Crippen molar-refractivity contribution < 1.29 is 32.5 Å². The van der Waals surface area contributed by atoms with Gasteiger partial charge in [-0.1, -0.05) is 50.5 Å². The van der Waals surface area contributed by atoms with E-state index in [2.05, 4.69) is 18.2 Å². The number of benzene rings is 1. The fourth-order valence-electron chi connectivity index (χ4n) is 4.78. The van der Waals surface area contributed by atoms with Gasteiger partial charge in [-0.3, -0.25) is 9.36 Å². The number of aryl methyl sites for hydroxylation is 1. The van der Waals surface area contributed by atoms with E-state index < -0.39 is 31.1 Å². The molecule has 1 aromatic carbocycles.